The molecule has 110 valence electrons. The number of carboxylic acids is 1. The first-order valence-corrected chi connectivity index (χ1v) is 6.07. The lowest BCUT2D eigenvalue weighted by Crippen LogP contribution is -2.11. The fourth-order valence-corrected chi connectivity index (χ4v) is 1.83. The normalized spacial score (nSPS) is 10.4. The quantitative estimate of drug-likeness (QED) is 0.853. The largest absolute Gasteiger partial charge is 0.476 e. The van der Waals surface area contributed by atoms with Crippen LogP contribution in [0.25, 0.3) is 5.69 Å². The van der Waals surface area contributed by atoms with E-state index in [1.54, 1.807) is 24.3 Å². The highest BCUT2D eigenvalue weighted by Gasteiger charge is 2.20. The average molecular weight is 290 g/mol. The van der Waals surface area contributed by atoms with Crippen LogP contribution >= 0.6 is 0 Å². The highest BCUT2D eigenvalue weighted by molar-refractivity contribution is 5.89. The molecular formula is C13H14N4O4. The first-order chi connectivity index (χ1) is 10.0. The minimum Gasteiger partial charge on any atom is -0.476 e. The number of nitrogens with one attached hydrogen (secondary N) is 1. The first kappa shape index (κ1) is 14.7. The predicted octanol–water partition coefficient (Wildman–Crippen LogP) is 1.07. The lowest BCUT2D eigenvalue weighted by atomic mass is 10.2. The van der Waals surface area contributed by atoms with E-state index in [0.717, 1.165) is 0 Å². The summed E-state index contributed by atoms with van der Waals surface area (Å²) in [5.74, 6) is -1.32. The molecule has 1 aromatic heterocycles. The van der Waals surface area contributed by atoms with E-state index in [2.05, 4.69) is 15.6 Å². The molecule has 0 aliphatic heterocycles. The summed E-state index contributed by atoms with van der Waals surface area (Å²) in [6.45, 7) is 1.47. The Balaban J connectivity index is 2.37. The maximum Gasteiger partial charge on any atom is 0.356 e. The Kier molecular flexibility index (Phi) is 4.29. The van der Waals surface area contributed by atoms with Gasteiger partial charge in [0.15, 0.2) is 5.69 Å². The summed E-state index contributed by atoms with van der Waals surface area (Å²) in [5.41, 5.74) is 1.33. The minimum absolute atomic E-state index is 0.0517. The first-order valence-electron chi connectivity index (χ1n) is 6.07. The van der Waals surface area contributed by atoms with Gasteiger partial charge in [0, 0.05) is 19.7 Å². The standard InChI is InChI=1S/C13H14N4O4/c1-8(18)14-9-3-5-10(6-4-9)17-12(13(19)20)11(7-21-2)15-16-17/h3-6H,7H2,1-2H3,(H,14,18)(H,19,20). The highest BCUT2D eigenvalue weighted by atomic mass is 16.5. The number of aromatic carboxylic acids is 1. The van der Waals surface area contributed by atoms with E-state index < -0.39 is 5.97 Å². The van der Waals surface area contributed by atoms with Crippen molar-refractivity contribution in [2.45, 2.75) is 13.5 Å². The SMILES string of the molecule is COCc1nnn(-c2ccc(NC(C)=O)cc2)c1C(=O)O. The Hall–Kier alpha value is -2.74. The number of methoxy groups -OCH3 is 1. The molecule has 0 bridgehead atoms. The molecule has 2 N–H and O–H groups in total. The smallest absolute Gasteiger partial charge is 0.356 e. The molecule has 2 rings (SSSR count). The molecule has 0 aliphatic carbocycles. The van der Waals surface area contributed by atoms with E-state index in [4.69, 9.17) is 4.74 Å². The van der Waals surface area contributed by atoms with Gasteiger partial charge in [-0.2, -0.15) is 0 Å². The van der Waals surface area contributed by atoms with E-state index in [-0.39, 0.29) is 23.9 Å². The number of hydrogen-bond acceptors (Lipinski definition) is 5. The summed E-state index contributed by atoms with van der Waals surface area (Å²) >= 11 is 0. The van der Waals surface area contributed by atoms with E-state index in [1.807, 2.05) is 0 Å². The van der Waals surface area contributed by atoms with Gasteiger partial charge in [-0.25, -0.2) is 9.48 Å². The maximum absolute atomic E-state index is 11.4. The zero-order valence-electron chi connectivity index (χ0n) is 11.5. The zero-order chi connectivity index (χ0) is 15.4. The molecule has 0 saturated carbocycles. The molecule has 8 nitrogen and oxygen atoms in total. The molecule has 2 aromatic rings. The number of anilines is 1. The van der Waals surface area contributed by atoms with Crippen LogP contribution in [0.4, 0.5) is 5.69 Å². The maximum atomic E-state index is 11.4. The van der Waals surface area contributed by atoms with Gasteiger partial charge >= 0.3 is 5.97 Å². The van der Waals surface area contributed by atoms with Crippen LogP contribution in [0.1, 0.15) is 23.1 Å². The Labute approximate surface area is 120 Å². The number of ether oxygens (including phenoxy) is 1. The second-order valence-corrected chi connectivity index (χ2v) is 4.26. The summed E-state index contributed by atoms with van der Waals surface area (Å²) in [5, 5.41) is 19.6. The van der Waals surface area contributed by atoms with Crippen molar-refractivity contribution in [1.82, 2.24) is 15.0 Å². The molecule has 0 radical (unpaired) electrons. The second-order valence-electron chi connectivity index (χ2n) is 4.26. The minimum atomic E-state index is -1.14. The van der Waals surface area contributed by atoms with Crippen molar-refractivity contribution in [3.05, 3.63) is 35.7 Å². The molecule has 1 heterocycles. The fraction of sp³-hybridized carbons (Fsp3) is 0.231. The van der Waals surface area contributed by atoms with Gasteiger partial charge in [0.2, 0.25) is 5.91 Å². The van der Waals surface area contributed by atoms with Crippen molar-refractivity contribution < 1.29 is 19.4 Å². The highest BCUT2D eigenvalue weighted by Crippen LogP contribution is 2.16. The van der Waals surface area contributed by atoms with E-state index in [9.17, 15) is 14.7 Å². The van der Waals surface area contributed by atoms with Crippen molar-refractivity contribution in [3.63, 3.8) is 0 Å². The van der Waals surface area contributed by atoms with Crippen LogP contribution in [0.3, 0.4) is 0 Å². The number of carbonyl (C=O) groups excluding carboxylic acids is 1. The van der Waals surface area contributed by atoms with Crippen molar-refractivity contribution in [3.8, 4) is 5.69 Å². The summed E-state index contributed by atoms with van der Waals surface area (Å²) in [6, 6.07) is 6.59. The van der Waals surface area contributed by atoms with E-state index >= 15 is 0 Å². The van der Waals surface area contributed by atoms with E-state index in [0.29, 0.717) is 11.4 Å². The zero-order valence-corrected chi connectivity index (χ0v) is 11.5. The van der Waals surface area contributed by atoms with Crippen molar-refractivity contribution in [2.24, 2.45) is 0 Å². The van der Waals surface area contributed by atoms with Gasteiger partial charge in [0.25, 0.3) is 0 Å². The number of rotatable bonds is 5. The average Bonchev–Trinajstić information content (AvgIpc) is 2.83. The van der Waals surface area contributed by atoms with Gasteiger partial charge in [-0.1, -0.05) is 5.21 Å². The summed E-state index contributed by atoms with van der Waals surface area (Å²) in [4.78, 5) is 22.3. The molecule has 21 heavy (non-hydrogen) atoms. The number of aromatic nitrogens is 3. The van der Waals surface area contributed by atoms with Gasteiger partial charge in [-0.3, -0.25) is 4.79 Å². The number of amides is 1. The molecule has 0 aliphatic rings. The molecule has 1 amide bonds. The number of benzene rings is 1. The van der Waals surface area contributed by atoms with Crippen molar-refractivity contribution in [2.75, 3.05) is 12.4 Å². The van der Waals surface area contributed by atoms with Crippen LogP contribution in [0.15, 0.2) is 24.3 Å². The van der Waals surface area contributed by atoms with Crippen LogP contribution in [-0.2, 0) is 16.1 Å². The van der Waals surface area contributed by atoms with Gasteiger partial charge in [-0.05, 0) is 24.3 Å². The van der Waals surface area contributed by atoms with Crippen LogP contribution in [-0.4, -0.2) is 39.1 Å². The second kappa shape index (κ2) is 6.14. The number of carbonyl (C=O) groups is 2. The van der Waals surface area contributed by atoms with Crippen molar-refractivity contribution in [1.29, 1.82) is 0 Å². The molecule has 0 saturated heterocycles. The topological polar surface area (TPSA) is 106 Å². The third-order valence-corrected chi connectivity index (χ3v) is 2.66. The number of carboxylic acid groups (broad SMARTS) is 1. The molecule has 0 atom stereocenters. The Morgan fingerprint density at radius 3 is 2.52 bits per heavy atom. The fourth-order valence-electron chi connectivity index (χ4n) is 1.83. The summed E-state index contributed by atoms with van der Waals surface area (Å²) in [6.07, 6.45) is 0. The van der Waals surface area contributed by atoms with E-state index in [1.165, 1.54) is 18.7 Å². The van der Waals surface area contributed by atoms with Gasteiger partial charge in [0.1, 0.15) is 5.69 Å². The molecule has 0 unspecified atom stereocenters. The molecule has 8 heteroatoms. The molecule has 1 aromatic carbocycles. The third kappa shape index (κ3) is 3.23. The molecule has 0 fully saturated rings. The van der Waals surface area contributed by atoms with Crippen LogP contribution in [0.5, 0.6) is 0 Å². The number of hydrogen-bond donors (Lipinski definition) is 2. The van der Waals surface area contributed by atoms with Crippen LogP contribution in [0, 0.1) is 0 Å². The van der Waals surface area contributed by atoms with Crippen molar-refractivity contribution >= 4 is 17.6 Å². The van der Waals surface area contributed by atoms with Gasteiger partial charge in [0.05, 0.1) is 12.3 Å². The third-order valence-electron chi connectivity index (χ3n) is 2.66. The molecular weight excluding hydrogens is 276 g/mol. The van der Waals surface area contributed by atoms with Crippen LogP contribution < -0.4 is 5.32 Å². The Morgan fingerprint density at radius 2 is 2.00 bits per heavy atom. The van der Waals surface area contributed by atoms with Gasteiger partial charge in [-0.15, -0.1) is 5.10 Å². The Morgan fingerprint density at radius 1 is 1.33 bits per heavy atom. The van der Waals surface area contributed by atoms with Gasteiger partial charge < -0.3 is 15.2 Å². The lowest BCUT2D eigenvalue weighted by molar-refractivity contribution is -0.114. The lowest BCUT2D eigenvalue weighted by Gasteiger charge is -2.06. The summed E-state index contributed by atoms with van der Waals surface area (Å²) < 4.78 is 6.12. The Bertz CT molecular complexity index is 663. The number of nitrogens with zero attached hydrogens (tertiary/aromatic N) is 3. The molecule has 0 spiro atoms. The monoisotopic (exact) mass is 290 g/mol. The van der Waals surface area contributed by atoms with Crippen LogP contribution in [0.2, 0.25) is 0 Å². The predicted molar refractivity (Wildman–Crippen MR) is 73.3 cm³/mol. The summed E-state index contributed by atoms with van der Waals surface area (Å²) in [7, 11) is 1.45.